The highest BCUT2D eigenvalue weighted by Gasteiger charge is 2.41. The van der Waals surface area contributed by atoms with Crippen molar-refractivity contribution in [2.24, 2.45) is 5.92 Å². The number of nitrogens with one attached hydrogen (secondary N) is 3. The highest BCUT2D eigenvalue weighted by Crippen LogP contribution is 2.32. The third-order valence-electron chi connectivity index (χ3n) is 5.68. The van der Waals surface area contributed by atoms with Crippen LogP contribution >= 0.6 is 0 Å². The lowest BCUT2D eigenvalue weighted by molar-refractivity contribution is -0.125. The molecule has 30 heavy (non-hydrogen) atoms. The summed E-state index contributed by atoms with van der Waals surface area (Å²) in [4.78, 5) is 25.1. The largest absolute Gasteiger partial charge is 0.394 e. The second kappa shape index (κ2) is 9.04. The summed E-state index contributed by atoms with van der Waals surface area (Å²) in [7, 11) is 0. The number of piperidine rings is 1. The topological polar surface area (TPSA) is 138 Å². The van der Waals surface area contributed by atoms with E-state index in [1.54, 1.807) is 6.92 Å². The van der Waals surface area contributed by atoms with Crippen molar-refractivity contribution in [3.05, 3.63) is 46.3 Å². The molecule has 2 aliphatic rings. The van der Waals surface area contributed by atoms with Gasteiger partial charge in [-0.3, -0.25) is 9.59 Å². The molecule has 2 heterocycles. The molecule has 1 saturated heterocycles. The molecule has 1 aromatic carbocycles. The Balaban J connectivity index is 1.78. The molecule has 156 valence electrons. The highest BCUT2D eigenvalue weighted by molar-refractivity contribution is 6.00. The molecule has 4 N–H and O–H groups in total. The van der Waals surface area contributed by atoms with Crippen molar-refractivity contribution in [2.75, 3.05) is 13.2 Å². The minimum absolute atomic E-state index is 0.0461. The number of aliphatic hydroxyl groups is 1. The summed E-state index contributed by atoms with van der Waals surface area (Å²) in [6, 6.07) is 6.15. The average Bonchev–Trinajstić information content (AvgIpc) is 2.74. The molecule has 8 nitrogen and oxygen atoms in total. The lowest BCUT2D eigenvalue weighted by Gasteiger charge is -2.41. The van der Waals surface area contributed by atoms with Crippen LogP contribution in [0.5, 0.6) is 0 Å². The van der Waals surface area contributed by atoms with Crippen LogP contribution in [0.2, 0.25) is 0 Å². The van der Waals surface area contributed by atoms with Crippen LogP contribution in [0.4, 0.5) is 4.39 Å². The summed E-state index contributed by atoms with van der Waals surface area (Å²) in [5.41, 5.74) is 1.13. The molecule has 2 aliphatic heterocycles. The molecule has 3 rings (SSSR count). The molecule has 0 bridgehead atoms. The van der Waals surface area contributed by atoms with Gasteiger partial charge in [-0.15, -0.1) is 0 Å². The maximum absolute atomic E-state index is 14.3. The van der Waals surface area contributed by atoms with Crippen LogP contribution in [0.25, 0.3) is 0 Å². The molecule has 3 unspecified atom stereocenters. The number of hydrogen-bond acceptors (Lipinski definition) is 6. The van der Waals surface area contributed by atoms with Crippen LogP contribution in [-0.4, -0.2) is 42.2 Å². The Kier molecular flexibility index (Phi) is 6.46. The number of amides is 2. The van der Waals surface area contributed by atoms with E-state index in [1.165, 1.54) is 12.1 Å². The summed E-state index contributed by atoms with van der Waals surface area (Å²) in [6.45, 7) is 1.82. The zero-order valence-corrected chi connectivity index (χ0v) is 16.4. The van der Waals surface area contributed by atoms with Crippen molar-refractivity contribution in [3.63, 3.8) is 0 Å². The first kappa shape index (κ1) is 21.4. The lowest BCUT2D eigenvalue weighted by atomic mass is 9.76. The number of fused-ring (bicyclic) bond motifs is 1. The summed E-state index contributed by atoms with van der Waals surface area (Å²) in [5, 5.41) is 36.4. The predicted molar refractivity (Wildman–Crippen MR) is 104 cm³/mol. The van der Waals surface area contributed by atoms with E-state index in [-0.39, 0.29) is 41.0 Å². The molecule has 2 amide bonds. The number of aliphatic hydroxyl groups excluding tert-OH is 1. The van der Waals surface area contributed by atoms with Crippen molar-refractivity contribution in [2.45, 2.75) is 37.9 Å². The second-order valence-electron chi connectivity index (χ2n) is 7.44. The van der Waals surface area contributed by atoms with E-state index in [0.717, 1.165) is 6.07 Å². The summed E-state index contributed by atoms with van der Waals surface area (Å²) >= 11 is 0. The number of carbonyl (C=O) groups is 2. The quantitative estimate of drug-likeness (QED) is 0.558. The van der Waals surface area contributed by atoms with Crippen LogP contribution < -0.4 is 16.0 Å². The predicted octanol–water partition coefficient (Wildman–Crippen LogP) is 0.554. The summed E-state index contributed by atoms with van der Waals surface area (Å²) < 4.78 is 14.3. The van der Waals surface area contributed by atoms with Crippen LogP contribution in [-0.2, 0) is 9.59 Å². The van der Waals surface area contributed by atoms with Crippen molar-refractivity contribution in [1.82, 2.24) is 16.0 Å². The van der Waals surface area contributed by atoms with Crippen LogP contribution in [0.15, 0.2) is 29.3 Å². The van der Waals surface area contributed by atoms with Crippen LogP contribution in [0.3, 0.4) is 0 Å². The molecule has 0 saturated carbocycles. The monoisotopic (exact) mass is 411 g/mol. The van der Waals surface area contributed by atoms with Gasteiger partial charge in [0.15, 0.2) is 0 Å². The van der Waals surface area contributed by atoms with Gasteiger partial charge in [0.05, 0.1) is 36.8 Å². The van der Waals surface area contributed by atoms with E-state index in [2.05, 4.69) is 22.0 Å². The maximum Gasteiger partial charge on any atom is 0.247 e. The highest BCUT2D eigenvalue weighted by atomic mass is 19.1. The fraction of sp³-hybridized carbons (Fsp3) is 0.429. The van der Waals surface area contributed by atoms with Gasteiger partial charge < -0.3 is 21.1 Å². The van der Waals surface area contributed by atoms with E-state index in [0.29, 0.717) is 18.5 Å². The smallest absolute Gasteiger partial charge is 0.247 e. The average molecular weight is 411 g/mol. The Bertz CT molecular complexity index is 978. The van der Waals surface area contributed by atoms with Crippen molar-refractivity contribution < 1.29 is 19.1 Å². The van der Waals surface area contributed by atoms with Gasteiger partial charge in [0.2, 0.25) is 11.8 Å². The third-order valence-corrected chi connectivity index (χ3v) is 5.68. The van der Waals surface area contributed by atoms with Gasteiger partial charge in [-0.2, -0.15) is 10.5 Å². The number of rotatable bonds is 5. The van der Waals surface area contributed by atoms with Gasteiger partial charge in [0, 0.05) is 23.1 Å². The Hall–Kier alpha value is -3.27. The normalized spacial score (nSPS) is 24.2. The minimum atomic E-state index is -1.02. The Labute approximate surface area is 173 Å². The third kappa shape index (κ3) is 4.18. The Morgan fingerprint density at radius 1 is 1.43 bits per heavy atom. The maximum atomic E-state index is 14.3. The fourth-order valence-corrected chi connectivity index (χ4v) is 4.14. The SMILES string of the molecule is CC1=C(CC(=O)N[C@H](CO)c2ccc(C#N)cc2F)C(=O)NC2CCNC(C#N)C12. The first-order chi connectivity index (χ1) is 14.4. The van der Waals surface area contributed by atoms with Crippen molar-refractivity contribution in [1.29, 1.82) is 10.5 Å². The van der Waals surface area contributed by atoms with E-state index in [4.69, 9.17) is 5.26 Å². The van der Waals surface area contributed by atoms with Gasteiger partial charge in [-0.1, -0.05) is 11.6 Å². The number of hydrogen-bond donors (Lipinski definition) is 4. The zero-order chi connectivity index (χ0) is 21.8. The van der Waals surface area contributed by atoms with E-state index < -0.39 is 30.4 Å². The second-order valence-corrected chi connectivity index (χ2v) is 7.44. The summed E-state index contributed by atoms with van der Waals surface area (Å²) in [6.07, 6.45) is 0.434. The minimum Gasteiger partial charge on any atom is -0.394 e. The van der Waals surface area contributed by atoms with Crippen LogP contribution in [0.1, 0.15) is 36.9 Å². The number of carbonyl (C=O) groups excluding carboxylic acids is 2. The first-order valence-corrected chi connectivity index (χ1v) is 9.62. The number of nitrogens with zero attached hydrogens (tertiary/aromatic N) is 2. The molecular formula is C21H22FN5O3. The van der Waals surface area contributed by atoms with Crippen molar-refractivity contribution in [3.8, 4) is 12.1 Å². The fourth-order valence-electron chi connectivity index (χ4n) is 4.14. The lowest BCUT2D eigenvalue weighted by Crippen LogP contribution is -2.58. The molecule has 0 aliphatic carbocycles. The van der Waals surface area contributed by atoms with Crippen LogP contribution in [0, 0.1) is 34.4 Å². The Morgan fingerprint density at radius 3 is 2.83 bits per heavy atom. The number of halogens is 1. The zero-order valence-electron chi connectivity index (χ0n) is 16.4. The molecule has 1 fully saturated rings. The molecule has 0 radical (unpaired) electrons. The van der Waals surface area contributed by atoms with Gasteiger partial charge in [-0.25, -0.2) is 4.39 Å². The van der Waals surface area contributed by atoms with E-state index in [9.17, 15) is 24.3 Å². The molecule has 1 aromatic rings. The van der Waals surface area contributed by atoms with Crippen molar-refractivity contribution >= 4 is 11.8 Å². The molecule has 4 atom stereocenters. The number of benzene rings is 1. The summed E-state index contributed by atoms with van der Waals surface area (Å²) in [5.74, 6) is -1.85. The van der Waals surface area contributed by atoms with Gasteiger partial charge >= 0.3 is 0 Å². The molecular weight excluding hydrogens is 389 g/mol. The molecule has 9 heteroatoms. The standard InChI is InChI=1S/C21H22FN5O3/c1-11-14(21(30)27-16-4-5-25-17(9-24)20(11)16)7-19(29)26-18(10-28)13-3-2-12(8-23)6-15(13)22/h2-3,6,16-18,20,25,28H,4-5,7,10H2,1H3,(H,26,29)(H,27,30)/t16?,17?,18-,20?/m1/s1. The molecule has 0 spiro atoms. The Morgan fingerprint density at radius 2 is 2.20 bits per heavy atom. The van der Waals surface area contributed by atoms with Gasteiger partial charge in [0.25, 0.3) is 0 Å². The van der Waals surface area contributed by atoms with E-state index >= 15 is 0 Å². The first-order valence-electron chi connectivity index (χ1n) is 9.62. The molecule has 0 aromatic heterocycles. The van der Waals surface area contributed by atoms with E-state index in [1.807, 2.05) is 6.07 Å². The van der Waals surface area contributed by atoms with Gasteiger partial charge in [-0.05, 0) is 32.0 Å². The number of nitriles is 2. The van der Waals surface area contributed by atoms with Gasteiger partial charge in [0.1, 0.15) is 11.9 Å².